The molecule has 1 heterocycles. The van der Waals surface area contributed by atoms with Crippen LogP contribution < -0.4 is 0 Å². The summed E-state index contributed by atoms with van der Waals surface area (Å²) >= 11 is 0. The van der Waals surface area contributed by atoms with Gasteiger partial charge in [0, 0.05) is 17.4 Å². The molecule has 0 aromatic carbocycles. The Balaban J connectivity index is 1.83. The second-order valence-electron chi connectivity index (χ2n) is 5.56. The van der Waals surface area contributed by atoms with Crippen molar-refractivity contribution in [3.63, 3.8) is 0 Å². The van der Waals surface area contributed by atoms with Crippen LogP contribution in [0.4, 0.5) is 0 Å². The second-order valence-corrected chi connectivity index (χ2v) is 5.56. The molecule has 0 aromatic heterocycles. The number of hydrogen-bond donors (Lipinski definition) is 1. The Labute approximate surface area is 105 Å². The number of fused-ring (bicyclic) bond motifs is 1. The van der Waals surface area contributed by atoms with E-state index in [-0.39, 0.29) is 24.0 Å². The van der Waals surface area contributed by atoms with E-state index in [0.717, 1.165) is 6.42 Å². The smallest absolute Gasteiger partial charge is 0.333 e. The fraction of sp³-hybridized carbons (Fsp3) is 0.692. The zero-order valence-corrected chi connectivity index (χ0v) is 10.1. The molecule has 3 aliphatic rings. The molecule has 1 aliphatic heterocycles. The normalized spacial score (nSPS) is 47.9. The Hall–Kier alpha value is -1.38. The van der Waals surface area contributed by atoms with Crippen molar-refractivity contribution < 1.29 is 19.4 Å². The molecule has 3 rings (SSSR count). The molecule has 6 unspecified atom stereocenters. The molecule has 5 heteroatoms. The minimum atomic E-state index is -1.06. The van der Waals surface area contributed by atoms with E-state index in [0.29, 0.717) is 12.0 Å². The van der Waals surface area contributed by atoms with E-state index in [4.69, 9.17) is 9.47 Å². The van der Waals surface area contributed by atoms with Gasteiger partial charge in [0.05, 0.1) is 6.07 Å². The highest BCUT2D eigenvalue weighted by Crippen LogP contribution is 2.63. The average molecular weight is 249 g/mol. The van der Waals surface area contributed by atoms with Crippen molar-refractivity contribution in [2.24, 2.45) is 17.3 Å². The molecule has 18 heavy (non-hydrogen) atoms. The van der Waals surface area contributed by atoms with Gasteiger partial charge in [-0.3, -0.25) is 0 Å². The lowest BCUT2D eigenvalue weighted by molar-refractivity contribution is -0.161. The van der Waals surface area contributed by atoms with Crippen molar-refractivity contribution in [1.82, 2.24) is 0 Å². The Morgan fingerprint density at radius 2 is 2.39 bits per heavy atom. The summed E-state index contributed by atoms with van der Waals surface area (Å²) in [5.74, 6) is -0.342. The predicted octanol–water partition coefficient (Wildman–Crippen LogP) is 0.741. The van der Waals surface area contributed by atoms with Crippen LogP contribution in [-0.2, 0) is 14.3 Å². The van der Waals surface area contributed by atoms with Gasteiger partial charge in [0.25, 0.3) is 0 Å². The van der Waals surface area contributed by atoms with Gasteiger partial charge in [-0.05, 0) is 19.8 Å². The molecule has 3 fully saturated rings. The van der Waals surface area contributed by atoms with Gasteiger partial charge in [-0.2, -0.15) is 5.26 Å². The van der Waals surface area contributed by atoms with Gasteiger partial charge in [-0.25, -0.2) is 4.79 Å². The number of esters is 1. The summed E-state index contributed by atoms with van der Waals surface area (Å²) in [7, 11) is 0. The summed E-state index contributed by atoms with van der Waals surface area (Å²) < 4.78 is 10.8. The Morgan fingerprint density at radius 1 is 1.67 bits per heavy atom. The number of carbonyl (C=O) groups excluding carboxylic acids is 1. The first-order valence-corrected chi connectivity index (χ1v) is 6.11. The van der Waals surface area contributed by atoms with Gasteiger partial charge in [-0.1, -0.05) is 6.58 Å². The van der Waals surface area contributed by atoms with Crippen molar-refractivity contribution >= 4 is 5.97 Å². The number of nitriles is 1. The number of aliphatic hydroxyl groups excluding tert-OH is 1. The van der Waals surface area contributed by atoms with E-state index in [9.17, 15) is 15.2 Å². The third-order valence-corrected chi connectivity index (χ3v) is 4.53. The Morgan fingerprint density at radius 3 is 3.00 bits per heavy atom. The maximum Gasteiger partial charge on any atom is 0.333 e. The highest BCUT2D eigenvalue weighted by atomic mass is 16.6. The van der Waals surface area contributed by atoms with E-state index in [2.05, 4.69) is 12.6 Å². The van der Waals surface area contributed by atoms with Crippen molar-refractivity contribution in [1.29, 1.82) is 5.26 Å². The third-order valence-electron chi connectivity index (χ3n) is 4.53. The first-order chi connectivity index (χ1) is 8.49. The minimum absolute atomic E-state index is 0.0228. The van der Waals surface area contributed by atoms with Crippen LogP contribution in [0.5, 0.6) is 0 Å². The number of carbonyl (C=O) groups is 1. The van der Waals surface area contributed by atoms with Gasteiger partial charge in [-0.15, -0.1) is 0 Å². The van der Waals surface area contributed by atoms with E-state index in [1.807, 2.05) is 0 Å². The molecule has 2 saturated carbocycles. The zero-order valence-electron chi connectivity index (χ0n) is 10.1. The molecule has 5 nitrogen and oxygen atoms in total. The first-order valence-electron chi connectivity index (χ1n) is 6.11. The number of rotatable bonds is 2. The van der Waals surface area contributed by atoms with E-state index >= 15 is 0 Å². The monoisotopic (exact) mass is 249 g/mol. The van der Waals surface area contributed by atoms with E-state index < -0.39 is 17.7 Å². The molecular weight excluding hydrogens is 234 g/mol. The number of aliphatic hydroxyl groups is 1. The van der Waals surface area contributed by atoms with E-state index in [1.165, 1.54) is 0 Å². The van der Waals surface area contributed by atoms with Crippen LogP contribution in [0, 0.1) is 28.6 Å². The quantitative estimate of drug-likeness (QED) is 0.576. The van der Waals surface area contributed by atoms with Gasteiger partial charge in [0.1, 0.15) is 17.6 Å². The van der Waals surface area contributed by atoms with Crippen LogP contribution in [0.25, 0.3) is 0 Å². The van der Waals surface area contributed by atoms with Gasteiger partial charge >= 0.3 is 5.97 Å². The van der Waals surface area contributed by atoms with Crippen LogP contribution in [0.3, 0.4) is 0 Å². The summed E-state index contributed by atoms with van der Waals surface area (Å²) in [4.78, 5) is 11.6. The van der Waals surface area contributed by atoms with Gasteiger partial charge in [0.2, 0.25) is 0 Å². The molecule has 2 aliphatic carbocycles. The maximum absolute atomic E-state index is 11.6. The molecular formula is C13H15NO4. The fourth-order valence-electron chi connectivity index (χ4n) is 3.68. The maximum atomic E-state index is 11.6. The first kappa shape index (κ1) is 11.7. The number of nitrogens with zero attached hydrogens (tertiary/aromatic N) is 1. The molecule has 0 spiro atoms. The van der Waals surface area contributed by atoms with Crippen molar-refractivity contribution in [2.45, 2.75) is 38.3 Å². The molecule has 1 saturated heterocycles. The summed E-state index contributed by atoms with van der Waals surface area (Å²) in [6.45, 7) is 5.14. The molecule has 2 bridgehead atoms. The molecule has 1 N–H and O–H groups in total. The second kappa shape index (κ2) is 3.56. The molecule has 96 valence electrons. The lowest BCUT2D eigenvalue weighted by atomic mass is 9.74. The summed E-state index contributed by atoms with van der Waals surface area (Å²) in [5, 5.41) is 19.2. The highest BCUT2D eigenvalue weighted by Gasteiger charge is 2.70. The standard InChI is InChI=1S/C13H15NO4/c1-6(2)11(15)17-9-7-3-8-10(9)18-12(16)13(8,4-7)5-14/h7-10,12,16H,1,3-4H2,2H3. The third kappa shape index (κ3) is 1.25. The highest BCUT2D eigenvalue weighted by molar-refractivity contribution is 5.87. The van der Waals surface area contributed by atoms with Crippen LogP contribution in [0.1, 0.15) is 19.8 Å². The average Bonchev–Trinajstić information content (AvgIpc) is 2.90. The summed E-state index contributed by atoms with van der Waals surface area (Å²) in [6, 6.07) is 2.21. The molecule has 0 amide bonds. The Kier molecular flexibility index (Phi) is 2.31. The Bertz CT molecular complexity index is 468. The van der Waals surface area contributed by atoms with Crippen LogP contribution in [0.2, 0.25) is 0 Å². The van der Waals surface area contributed by atoms with Crippen LogP contribution in [-0.4, -0.2) is 29.6 Å². The largest absolute Gasteiger partial charge is 0.456 e. The number of ether oxygens (including phenoxy) is 2. The fourth-order valence-corrected chi connectivity index (χ4v) is 3.68. The lowest BCUT2D eigenvalue weighted by Gasteiger charge is -2.29. The van der Waals surface area contributed by atoms with Crippen molar-refractivity contribution in [3.8, 4) is 6.07 Å². The van der Waals surface area contributed by atoms with E-state index in [1.54, 1.807) is 6.92 Å². The molecule has 0 radical (unpaired) electrons. The zero-order chi connectivity index (χ0) is 13.1. The molecule has 6 atom stereocenters. The lowest BCUT2D eigenvalue weighted by Crippen LogP contribution is -2.40. The van der Waals surface area contributed by atoms with Crippen LogP contribution in [0.15, 0.2) is 12.2 Å². The van der Waals surface area contributed by atoms with Crippen LogP contribution >= 0.6 is 0 Å². The SMILES string of the molecule is C=C(C)C(=O)OC1C2CC3C1OC(O)C3(C#N)C2. The minimum Gasteiger partial charge on any atom is -0.456 e. The van der Waals surface area contributed by atoms with Gasteiger partial charge < -0.3 is 14.6 Å². The summed E-state index contributed by atoms with van der Waals surface area (Å²) in [6.07, 6.45) is -0.431. The predicted molar refractivity (Wildman–Crippen MR) is 59.8 cm³/mol. The number of hydrogen-bond acceptors (Lipinski definition) is 5. The topological polar surface area (TPSA) is 79.6 Å². The van der Waals surface area contributed by atoms with Crippen molar-refractivity contribution in [3.05, 3.63) is 12.2 Å². The summed E-state index contributed by atoms with van der Waals surface area (Å²) in [5.41, 5.74) is -0.440. The molecule has 0 aromatic rings. The van der Waals surface area contributed by atoms with Crippen molar-refractivity contribution in [2.75, 3.05) is 0 Å². The van der Waals surface area contributed by atoms with Gasteiger partial charge in [0.15, 0.2) is 6.29 Å².